The Morgan fingerprint density at radius 1 is 0.833 bits per heavy atom. The van der Waals surface area contributed by atoms with Crippen molar-refractivity contribution in [3.05, 3.63) is 96.3 Å². The van der Waals surface area contributed by atoms with Gasteiger partial charge in [0.1, 0.15) is 0 Å². The zero-order chi connectivity index (χ0) is 20.8. The fourth-order valence-electron chi connectivity index (χ4n) is 2.78. The quantitative estimate of drug-likeness (QED) is 0.521. The molecule has 0 bridgehead atoms. The van der Waals surface area contributed by atoms with Gasteiger partial charge in [0.25, 0.3) is 5.91 Å². The van der Waals surface area contributed by atoms with E-state index in [0.717, 1.165) is 11.4 Å². The largest absolute Gasteiger partial charge is 0.324 e. The molecule has 0 fully saturated rings. The standard InChI is InChI=1S/C23H16N6O/c24-15-16-7-9-17(10-8-16)22(30)27-18-4-3-5-19(14-18)28-23-26-13-11-21(29-23)20-6-1-2-12-25-20/h1-14H,(H,27,30)(H,26,28,29). The molecule has 2 aromatic heterocycles. The van der Waals surface area contributed by atoms with Gasteiger partial charge in [0.2, 0.25) is 5.95 Å². The maximum Gasteiger partial charge on any atom is 0.255 e. The highest BCUT2D eigenvalue weighted by atomic mass is 16.1. The molecule has 0 aliphatic carbocycles. The van der Waals surface area contributed by atoms with Gasteiger partial charge in [0, 0.05) is 29.3 Å². The van der Waals surface area contributed by atoms with Crippen molar-refractivity contribution in [3.63, 3.8) is 0 Å². The Hall–Kier alpha value is -4.57. The Kier molecular flexibility index (Phi) is 5.40. The SMILES string of the molecule is N#Cc1ccc(C(=O)Nc2cccc(Nc3nccc(-c4ccccn4)n3)c2)cc1. The van der Waals surface area contributed by atoms with Crippen LogP contribution in [0.3, 0.4) is 0 Å². The second-order valence-corrected chi connectivity index (χ2v) is 6.33. The molecule has 4 aromatic rings. The van der Waals surface area contributed by atoms with Crippen LogP contribution in [-0.2, 0) is 0 Å². The first kappa shape index (κ1) is 18.8. The van der Waals surface area contributed by atoms with E-state index in [9.17, 15) is 4.79 Å². The third-order valence-corrected chi connectivity index (χ3v) is 4.24. The van der Waals surface area contributed by atoms with Gasteiger partial charge >= 0.3 is 0 Å². The molecular formula is C23H16N6O. The fourth-order valence-corrected chi connectivity index (χ4v) is 2.78. The number of anilines is 3. The summed E-state index contributed by atoms with van der Waals surface area (Å²) in [7, 11) is 0. The summed E-state index contributed by atoms with van der Waals surface area (Å²) in [6, 6.07) is 23.2. The minimum atomic E-state index is -0.259. The van der Waals surface area contributed by atoms with E-state index in [4.69, 9.17) is 5.26 Å². The monoisotopic (exact) mass is 392 g/mol. The predicted octanol–water partition coefficient (Wildman–Crippen LogP) is 4.41. The Balaban J connectivity index is 1.48. The number of rotatable bonds is 5. The minimum Gasteiger partial charge on any atom is -0.324 e. The van der Waals surface area contributed by atoms with E-state index in [0.29, 0.717) is 28.5 Å². The number of nitrogens with zero attached hydrogens (tertiary/aromatic N) is 4. The number of carbonyl (C=O) groups excluding carboxylic acids is 1. The minimum absolute atomic E-state index is 0.259. The molecule has 0 aliphatic heterocycles. The van der Waals surface area contributed by atoms with Crippen molar-refractivity contribution in [2.45, 2.75) is 0 Å². The van der Waals surface area contributed by atoms with Crippen LogP contribution in [0.5, 0.6) is 0 Å². The summed E-state index contributed by atoms with van der Waals surface area (Å²) in [4.78, 5) is 25.5. The van der Waals surface area contributed by atoms with Crippen LogP contribution in [0.15, 0.2) is 85.2 Å². The summed E-state index contributed by atoms with van der Waals surface area (Å²) >= 11 is 0. The van der Waals surface area contributed by atoms with Crippen LogP contribution in [0.1, 0.15) is 15.9 Å². The summed E-state index contributed by atoms with van der Waals surface area (Å²) in [6.45, 7) is 0. The molecule has 4 rings (SSSR count). The van der Waals surface area contributed by atoms with E-state index in [1.807, 2.05) is 36.4 Å². The van der Waals surface area contributed by atoms with Crippen LogP contribution >= 0.6 is 0 Å². The van der Waals surface area contributed by atoms with Crippen LogP contribution in [-0.4, -0.2) is 20.9 Å². The molecule has 2 N–H and O–H groups in total. The Labute approximate surface area is 173 Å². The van der Waals surface area contributed by atoms with Gasteiger partial charge < -0.3 is 10.6 Å². The molecule has 0 spiro atoms. The van der Waals surface area contributed by atoms with E-state index < -0.39 is 0 Å². The lowest BCUT2D eigenvalue weighted by molar-refractivity contribution is 0.102. The summed E-state index contributed by atoms with van der Waals surface area (Å²) in [5, 5.41) is 14.9. The van der Waals surface area contributed by atoms with Gasteiger partial charge in [-0.25, -0.2) is 9.97 Å². The maximum atomic E-state index is 12.4. The summed E-state index contributed by atoms with van der Waals surface area (Å²) < 4.78 is 0. The zero-order valence-electron chi connectivity index (χ0n) is 15.8. The van der Waals surface area contributed by atoms with Crippen molar-refractivity contribution in [1.29, 1.82) is 5.26 Å². The van der Waals surface area contributed by atoms with E-state index in [1.165, 1.54) is 0 Å². The first-order chi connectivity index (χ1) is 14.7. The van der Waals surface area contributed by atoms with Crippen LogP contribution in [0.4, 0.5) is 17.3 Å². The second kappa shape index (κ2) is 8.63. The number of hydrogen-bond acceptors (Lipinski definition) is 6. The van der Waals surface area contributed by atoms with Crippen LogP contribution in [0.25, 0.3) is 11.4 Å². The molecule has 0 saturated heterocycles. The molecule has 0 atom stereocenters. The maximum absolute atomic E-state index is 12.4. The molecule has 1 amide bonds. The number of nitriles is 1. The number of pyridine rings is 1. The van der Waals surface area contributed by atoms with E-state index in [1.54, 1.807) is 54.9 Å². The topological polar surface area (TPSA) is 104 Å². The number of benzene rings is 2. The van der Waals surface area contributed by atoms with Crippen LogP contribution < -0.4 is 10.6 Å². The summed E-state index contributed by atoms with van der Waals surface area (Å²) in [5.41, 5.74) is 3.79. The first-order valence-corrected chi connectivity index (χ1v) is 9.14. The molecule has 2 heterocycles. The molecular weight excluding hydrogens is 376 g/mol. The second-order valence-electron chi connectivity index (χ2n) is 6.33. The number of amides is 1. The van der Waals surface area contributed by atoms with Gasteiger partial charge in [-0.1, -0.05) is 12.1 Å². The van der Waals surface area contributed by atoms with Gasteiger partial charge in [0.05, 0.1) is 23.0 Å². The average Bonchev–Trinajstić information content (AvgIpc) is 2.80. The van der Waals surface area contributed by atoms with E-state index in [-0.39, 0.29) is 5.91 Å². The van der Waals surface area contributed by atoms with Crippen molar-refractivity contribution in [1.82, 2.24) is 15.0 Å². The average molecular weight is 392 g/mol. The smallest absolute Gasteiger partial charge is 0.255 e. The van der Waals surface area contributed by atoms with Gasteiger partial charge in [-0.3, -0.25) is 9.78 Å². The Morgan fingerprint density at radius 3 is 2.43 bits per heavy atom. The highest BCUT2D eigenvalue weighted by Gasteiger charge is 2.08. The molecule has 0 aliphatic rings. The number of carbonyl (C=O) groups is 1. The van der Waals surface area contributed by atoms with Crippen molar-refractivity contribution >= 4 is 23.2 Å². The lowest BCUT2D eigenvalue weighted by atomic mass is 10.1. The van der Waals surface area contributed by atoms with E-state index in [2.05, 4.69) is 25.6 Å². The predicted molar refractivity (Wildman–Crippen MR) is 114 cm³/mol. The summed E-state index contributed by atoms with van der Waals surface area (Å²) in [6.07, 6.45) is 3.38. The normalized spacial score (nSPS) is 10.1. The van der Waals surface area contributed by atoms with Crippen LogP contribution in [0.2, 0.25) is 0 Å². The van der Waals surface area contributed by atoms with Gasteiger partial charge in [-0.15, -0.1) is 0 Å². The van der Waals surface area contributed by atoms with Crippen molar-refractivity contribution < 1.29 is 4.79 Å². The lowest BCUT2D eigenvalue weighted by Gasteiger charge is -2.09. The number of aromatic nitrogens is 3. The molecule has 2 aromatic carbocycles. The third-order valence-electron chi connectivity index (χ3n) is 4.24. The highest BCUT2D eigenvalue weighted by molar-refractivity contribution is 6.04. The van der Waals surface area contributed by atoms with Crippen molar-refractivity contribution in [2.24, 2.45) is 0 Å². The molecule has 0 radical (unpaired) electrons. The molecule has 0 saturated carbocycles. The number of hydrogen-bond donors (Lipinski definition) is 2. The first-order valence-electron chi connectivity index (χ1n) is 9.14. The Bertz CT molecular complexity index is 1220. The van der Waals surface area contributed by atoms with E-state index >= 15 is 0 Å². The van der Waals surface area contributed by atoms with Crippen molar-refractivity contribution in [3.8, 4) is 17.5 Å². The van der Waals surface area contributed by atoms with Gasteiger partial charge in [-0.05, 0) is 60.7 Å². The lowest BCUT2D eigenvalue weighted by Crippen LogP contribution is -2.11. The number of nitrogens with one attached hydrogen (secondary N) is 2. The third kappa shape index (κ3) is 4.46. The molecule has 0 unspecified atom stereocenters. The zero-order valence-corrected chi connectivity index (χ0v) is 15.8. The highest BCUT2D eigenvalue weighted by Crippen LogP contribution is 2.20. The Morgan fingerprint density at radius 2 is 1.67 bits per heavy atom. The fraction of sp³-hybridized carbons (Fsp3) is 0. The van der Waals surface area contributed by atoms with Crippen LogP contribution in [0, 0.1) is 11.3 Å². The molecule has 7 nitrogen and oxygen atoms in total. The molecule has 7 heteroatoms. The van der Waals surface area contributed by atoms with Gasteiger partial charge in [0.15, 0.2) is 0 Å². The molecule has 30 heavy (non-hydrogen) atoms. The van der Waals surface area contributed by atoms with Gasteiger partial charge in [-0.2, -0.15) is 5.26 Å². The molecule has 144 valence electrons. The summed E-state index contributed by atoms with van der Waals surface area (Å²) in [5.74, 6) is 0.166. The van der Waals surface area contributed by atoms with Crippen molar-refractivity contribution in [2.75, 3.05) is 10.6 Å².